The van der Waals surface area contributed by atoms with E-state index in [2.05, 4.69) is 11.1 Å². The number of hydrogen-bond acceptors (Lipinski definition) is 3. The average molecular weight is 245 g/mol. The molecule has 3 nitrogen and oxygen atoms in total. The van der Waals surface area contributed by atoms with Gasteiger partial charge in [-0.25, -0.2) is 0 Å². The third-order valence-corrected chi connectivity index (χ3v) is 4.85. The Kier molecular flexibility index (Phi) is 3.12. The highest BCUT2D eigenvalue weighted by Gasteiger charge is 2.41. The Morgan fingerprint density at radius 3 is 2.78 bits per heavy atom. The Morgan fingerprint density at radius 1 is 1.22 bits per heavy atom. The Hall–Kier alpha value is -0.930. The molecule has 2 aliphatic carbocycles. The Labute approximate surface area is 109 Å². The van der Waals surface area contributed by atoms with Gasteiger partial charge >= 0.3 is 0 Å². The topological polar surface area (TPSA) is 64.9 Å². The summed E-state index contributed by atoms with van der Waals surface area (Å²) in [4.78, 5) is 4.63. The maximum Gasteiger partial charge on any atom is 0.0484 e. The van der Waals surface area contributed by atoms with E-state index >= 15 is 0 Å². The maximum atomic E-state index is 6.72. The minimum absolute atomic E-state index is 0.0700. The second-order valence-electron chi connectivity index (χ2n) is 6.06. The summed E-state index contributed by atoms with van der Waals surface area (Å²) in [6, 6.07) is 4.61. The van der Waals surface area contributed by atoms with E-state index in [9.17, 15) is 0 Å². The highest BCUT2D eigenvalue weighted by Crippen LogP contribution is 2.43. The fraction of sp³-hybridized carbons (Fsp3) is 0.667. The monoisotopic (exact) mass is 245 g/mol. The van der Waals surface area contributed by atoms with Gasteiger partial charge in [0.1, 0.15) is 0 Å². The van der Waals surface area contributed by atoms with E-state index in [1.165, 1.54) is 24.1 Å². The number of pyridine rings is 1. The first-order valence-corrected chi connectivity index (χ1v) is 7.17. The van der Waals surface area contributed by atoms with Crippen molar-refractivity contribution in [3.05, 3.63) is 29.6 Å². The van der Waals surface area contributed by atoms with E-state index in [4.69, 9.17) is 11.5 Å². The summed E-state index contributed by atoms with van der Waals surface area (Å²) in [6.07, 6.45) is 9.74. The number of aryl methyl sites for hydroxylation is 1. The molecule has 3 rings (SSSR count). The van der Waals surface area contributed by atoms with Crippen LogP contribution in [0.2, 0.25) is 0 Å². The van der Waals surface area contributed by atoms with Crippen LogP contribution in [0.15, 0.2) is 18.3 Å². The summed E-state index contributed by atoms with van der Waals surface area (Å²) in [6.45, 7) is 0. The molecule has 1 fully saturated rings. The minimum Gasteiger partial charge on any atom is -0.328 e. The van der Waals surface area contributed by atoms with Gasteiger partial charge in [0.15, 0.2) is 0 Å². The lowest BCUT2D eigenvalue weighted by Gasteiger charge is -2.44. The molecule has 3 heteroatoms. The van der Waals surface area contributed by atoms with Crippen molar-refractivity contribution in [2.75, 3.05) is 0 Å². The summed E-state index contributed by atoms with van der Waals surface area (Å²) < 4.78 is 0. The van der Waals surface area contributed by atoms with Gasteiger partial charge in [0.2, 0.25) is 0 Å². The highest BCUT2D eigenvalue weighted by atomic mass is 14.8. The van der Waals surface area contributed by atoms with E-state index < -0.39 is 0 Å². The standard InChI is InChI=1S/C15H23N3/c16-12-6-8-15(17,9-7-12)13-5-1-3-11-4-2-10-18-14(11)13/h2,4,10,12-13H,1,3,5-9,16-17H2/t12-,13?,15+. The van der Waals surface area contributed by atoms with Crippen molar-refractivity contribution in [1.29, 1.82) is 0 Å². The van der Waals surface area contributed by atoms with Crippen LogP contribution in [-0.4, -0.2) is 16.6 Å². The molecule has 0 bridgehead atoms. The fourth-order valence-corrected chi connectivity index (χ4v) is 3.70. The second-order valence-corrected chi connectivity index (χ2v) is 6.06. The number of nitrogens with zero attached hydrogens (tertiary/aromatic N) is 1. The van der Waals surface area contributed by atoms with Gasteiger partial charge in [-0.2, -0.15) is 0 Å². The Morgan fingerprint density at radius 2 is 2.00 bits per heavy atom. The van der Waals surface area contributed by atoms with Crippen LogP contribution in [0.3, 0.4) is 0 Å². The SMILES string of the molecule is N[C@H]1CC[C@](N)(C2CCCc3cccnc32)CC1. The molecule has 1 atom stereocenters. The van der Waals surface area contributed by atoms with Gasteiger partial charge in [-0.3, -0.25) is 4.98 Å². The third-order valence-electron chi connectivity index (χ3n) is 4.85. The molecule has 0 aromatic carbocycles. The number of fused-ring (bicyclic) bond motifs is 1. The summed E-state index contributed by atoms with van der Waals surface area (Å²) in [5, 5.41) is 0. The molecule has 98 valence electrons. The van der Waals surface area contributed by atoms with Gasteiger partial charge in [0.25, 0.3) is 0 Å². The molecule has 2 aliphatic rings. The first kappa shape index (κ1) is 12.1. The van der Waals surface area contributed by atoms with Gasteiger partial charge in [-0.05, 0) is 56.6 Å². The van der Waals surface area contributed by atoms with E-state index in [0.29, 0.717) is 12.0 Å². The van der Waals surface area contributed by atoms with Crippen molar-refractivity contribution in [1.82, 2.24) is 4.98 Å². The number of hydrogen-bond donors (Lipinski definition) is 2. The molecular formula is C15H23N3. The molecule has 0 saturated heterocycles. The molecule has 0 radical (unpaired) electrons. The van der Waals surface area contributed by atoms with Crippen molar-refractivity contribution in [2.24, 2.45) is 11.5 Å². The predicted molar refractivity (Wildman–Crippen MR) is 73.3 cm³/mol. The van der Waals surface area contributed by atoms with Crippen LogP contribution in [-0.2, 0) is 6.42 Å². The van der Waals surface area contributed by atoms with Crippen LogP contribution in [0, 0.1) is 0 Å². The maximum absolute atomic E-state index is 6.72. The number of aromatic nitrogens is 1. The number of nitrogens with two attached hydrogens (primary N) is 2. The third kappa shape index (κ3) is 2.06. The van der Waals surface area contributed by atoms with Gasteiger partial charge in [-0.1, -0.05) is 6.07 Å². The van der Waals surface area contributed by atoms with Gasteiger partial charge in [-0.15, -0.1) is 0 Å². The molecule has 0 spiro atoms. The summed E-state index contributed by atoms with van der Waals surface area (Å²) in [5.74, 6) is 0.440. The quantitative estimate of drug-likeness (QED) is 0.796. The van der Waals surface area contributed by atoms with Crippen LogP contribution < -0.4 is 11.5 Å². The van der Waals surface area contributed by atoms with Crippen molar-refractivity contribution in [3.63, 3.8) is 0 Å². The molecule has 1 aromatic heterocycles. The zero-order valence-corrected chi connectivity index (χ0v) is 10.9. The van der Waals surface area contributed by atoms with Crippen LogP contribution >= 0.6 is 0 Å². The molecule has 4 N–H and O–H groups in total. The molecule has 1 heterocycles. The van der Waals surface area contributed by atoms with Crippen LogP contribution in [0.4, 0.5) is 0 Å². The zero-order chi connectivity index (χ0) is 12.6. The van der Waals surface area contributed by atoms with E-state index in [1.54, 1.807) is 0 Å². The lowest BCUT2D eigenvalue weighted by atomic mass is 9.67. The molecule has 0 aliphatic heterocycles. The van der Waals surface area contributed by atoms with Gasteiger partial charge in [0.05, 0.1) is 0 Å². The molecule has 0 amide bonds. The average Bonchev–Trinajstić information content (AvgIpc) is 2.42. The first-order valence-electron chi connectivity index (χ1n) is 7.17. The molecule has 1 saturated carbocycles. The normalized spacial score (nSPS) is 36.1. The van der Waals surface area contributed by atoms with Crippen molar-refractivity contribution in [2.45, 2.75) is 62.4 Å². The predicted octanol–water partition coefficient (Wildman–Crippen LogP) is 2.10. The first-order chi connectivity index (χ1) is 8.69. The van der Waals surface area contributed by atoms with E-state index in [-0.39, 0.29) is 5.54 Å². The molecule has 18 heavy (non-hydrogen) atoms. The molecule has 1 unspecified atom stereocenters. The lowest BCUT2D eigenvalue weighted by molar-refractivity contribution is 0.212. The van der Waals surface area contributed by atoms with E-state index in [0.717, 1.165) is 32.1 Å². The van der Waals surface area contributed by atoms with Crippen LogP contribution in [0.5, 0.6) is 0 Å². The van der Waals surface area contributed by atoms with Crippen molar-refractivity contribution < 1.29 is 0 Å². The van der Waals surface area contributed by atoms with Crippen LogP contribution in [0.1, 0.15) is 55.7 Å². The zero-order valence-electron chi connectivity index (χ0n) is 10.9. The summed E-state index contributed by atoms with van der Waals surface area (Å²) in [5.41, 5.74) is 15.3. The largest absolute Gasteiger partial charge is 0.328 e. The molecule has 1 aromatic rings. The van der Waals surface area contributed by atoms with Crippen molar-refractivity contribution in [3.8, 4) is 0 Å². The fourth-order valence-electron chi connectivity index (χ4n) is 3.70. The van der Waals surface area contributed by atoms with E-state index in [1.807, 2.05) is 12.3 Å². The van der Waals surface area contributed by atoms with Gasteiger partial charge < -0.3 is 11.5 Å². The summed E-state index contributed by atoms with van der Waals surface area (Å²) >= 11 is 0. The Balaban J connectivity index is 1.89. The second kappa shape index (κ2) is 4.63. The summed E-state index contributed by atoms with van der Waals surface area (Å²) in [7, 11) is 0. The highest BCUT2D eigenvalue weighted by molar-refractivity contribution is 5.29. The minimum atomic E-state index is -0.0700. The van der Waals surface area contributed by atoms with Crippen LogP contribution in [0.25, 0.3) is 0 Å². The Bertz CT molecular complexity index is 422. The van der Waals surface area contributed by atoms with Crippen molar-refractivity contribution >= 4 is 0 Å². The molecular weight excluding hydrogens is 222 g/mol. The smallest absolute Gasteiger partial charge is 0.0484 e. The number of rotatable bonds is 1. The lowest BCUT2D eigenvalue weighted by Crippen LogP contribution is -2.51. The van der Waals surface area contributed by atoms with Gasteiger partial charge in [0, 0.05) is 29.4 Å².